The molecule has 4 aromatic heterocycles. The standard InChI is InChI=1S/C16H15ClN4OS.C2H6/c1-8-6-9(2)19-16-12(8)13-14(23-16)15(20-21(13)3)18-7-10-4-5-11(17)22-10;1-2/h4-6H,7H2,1-3H3,(H,18,20);1-2H3. The summed E-state index contributed by atoms with van der Waals surface area (Å²) < 4.78 is 8.40. The fraction of sp³-hybridized carbons (Fsp3) is 0.333. The van der Waals surface area contributed by atoms with Gasteiger partial charge in [0.15, 0.2) is 11.0 Å². The number of hydrogen-bond donors (Lipinski definition) is 1. The first-order valence-corrected chi connectivity index (χ1v) is 9.44. The monoisotopic (exact) mass is 376 g/mol. The molecule has 0 aromatic carbocycles. The van der Waals surface area contributed by atoms with Gasteiger partial charge in [-0.25, -0.2) is 4.98 Å². The van der Waals surface area contributed by atoms with Crippen LogP contribution in [0.25, 0.3) is 20.4 Å². The van der Waals surface area contributed by atoms with Crippen molar-refractivity contribution in [1.29, 1.82) is 0 Å². The molecule has 0 saturated carbocycles. The van der Waals surface area contributed by atoms with E-state index in [4.69, 9.17) is 16.0 Å². The van der Waals surface area contributed by atoms with E-state index < -0.39 is 0 Å². The van der Waals surface area contributed by atoms with E-state index in [2.05, 4.69) is 28.4 Å². The average Bonchev–Trinajstić information content (AvgIpc) is 3.23. The number of rotatable bonds is 3. The van der Waals surface area contributed by atoms with E-state index >= 15 is 0 Å². The summed E-state index contributed by atoms with van der Waals surface area (Å²) in [6.45, 7) is 8.68. The van der Waals surface area contributed by atoms with Crippen LogP contribution in [0, 0.1) is 13.8 Å². The maximum atomic E-state index is 5.81. The first kappa shape index (κ1) is 17.8. The number of aryl methyl sites for hydroxylation is 3. The second kappa shape index (κ2) is 7.06. The average molecular weight is 377 g/mol. The second-order valence-corrected chi connectivity index (χ2v) is 6.94. The van der Waals surface area contributed by atoms with Gasteiger partial charge in [-0.05, 0) is 49.2 Å². The molecule has 0 fully saturated rings. The summed E-state index contributed by atoms with van der Waals surface area (Å²) in [5.74, 6) is 1.62. The molecule has 25 heavy (non-hydrogen) atoms. The van der Waals surface area contributed by atoms with Crippen LogP contribution in [-0.2, 0) is 13.6 Å². The Labute approximate surface area is 155 Å². The lowest BCUT2D eigenvalue weighted by Crippen LogP contribution is -2.00. The maximum Gasteiger partial charge on any atom is 0.193 e. The molecule has 4 heterocycles. The topological polar surface area (TPSA) is 55.9 Å². The quantitative estimate of drug-likeness (QED) is 0.499. The second-order valence-electron chi connectivity index (χ2n) is 5.57. The molecule has 4 rings (SSSR count). The van der Waals surface area contributed by atoms with E-state index in [-0.39, 0.29) is 0 Å². The molecule has 1 N–H and O–H groups in total. The molecular weight excluding hydrogens is 356 g/mol. The molecule has 0 aliphatic rings. The number of thiophene rings is 1. The molecule has 7 heteroatoms. The van der Waals surface area contributed by atoms with Gasteiger partial charge < -0.3 is 9.73 Å². The van der Waals surface area contributed by atoms with Crippen LogP contribution in [-0.4, -0.2) is 14.8 Å². The van der Waals surface area contributed by atoms with Gasteiger partial charge in [-0.1, -0.05) is 13.8 Å². The van der Waals surface area contributed by atoms with Gasteiger partial charge in [0.05, 0.1) is 16.8 Å². The van der Waals surface area contributed by atoms with E-state index in [1.807, 2.05) is 38.6 Å². The Morgan fingerprint density at radius 3 is 2.72 bits per heavy atom. The lowest BCUT2D eigenvalue weighted by atomic mass is 10.1. The summed E-state index contributed by atoms with van der Waals surface area (Å²) in [5, 5.41) is 9.50. The minimum atomic E-state index is 0.394. The summed E-state index contributed by atoms with van der Waals surface area (Å²) in [6.07, 6.45) is 0. The first-order valence-electron chi connectivity index (χ1n) is 8.24. The largest absolute Gasteiger partial charge is 0.448 e. The molecule has 0 atom stereocenters. The zero-order valence-electron chi connectivity index (χ0n) is 15.0. The highest BCUT2D eigenvalue weighted by Gasteiger charge is 2.18. The Bertz CT molecular complexity index is 1030. The van der Waals surface area contributed by atoms with Crippen molar-refractivity contribution in [2.45, 2.75) is 34.2 Å². The Morgan fingerprint density at radius 1 is 1.28 bits per heavy atom. The van der Waals surface area contributed by atoms with Crippen molar-refractivity contribution in [1.82, 2.24) is 14.8 Å². The van der Waals surface area contributed by atoms with Crippen LogP contribution < -0.4 is 5.32 Å². The molecule has 0 unspecified atom stereocenters. The van der Waals surface area contributed by atoms with Crippen molar-refractivity contribution in [3.63, 3.8) is 0 Å². The summed E-state index contributed by atoms with van der Waals surface area (Å²) in [7, 11) is 1.96. The van der Waals surface area contributed by atoms with Gasteiger partial charge in [0.2, 0.25) is 0 Å². The molecule has 0 spiro atoms. The minimum absolute atomic E-state index is 0.394. The normalized spacial score (nSPS) is 11.0. The predicted octanol–water partition coefficient (Wildman–Crippen LogP) is 5.68. The highest BCUT2D eigenvalue weighted by atomic mass is 35.5. The SMILES string of the molecule is CC.Cc1cc(C)c2c(n1)sc1c(NCc3ccc(Cl)o3)nn(C)c12. The number of furan rings is 1. The maximum absolute atomic E-state index is 5.81. The van der Waals surface area contributed by atoms with Gasteiger partial charge in [0.25, 0.3) is 0 Å². The van der Waals surface area contributed by atoms with Crippen LogP contribution in [0.1, 0.15) is 30.9 Å². The van der Waals surface area contributed by atoms with Crippen molar-refractivity contribution in [2.75, 3.05) is 5.32 Å². The first-order chi connectivity index (χ1) is 12.0. The van der Waals surface area contributed by atoms with Crippen molar-refractivity contribution >= 4 is 49.2 Å². The third kappa shape index (κ3) is 3.24. The highest BCUT2D eigenvalue weighted by Crippen LogP contribution is 2.38. The van der Waals surface area contributed by atoms with Crippen molar-refractivity contribution in [3.8, 4) is 0 Å². The molecule has 0 aliphatic heterocycles. The number of fused-ring (bicyclic) bond motifs is 3. The predicted molar refractivity (Wildman–Crippen MR) is 106 cm³/mol. The van der Waals surface area contributed by atoms with Crippen LogP contribution in [0.5, 0.6) is 0 Å². The van der Waals surface area contributed by atoms with Crippen molar-refractivity contribution in [2.24, 2.45) is 7.05 Å². The Kier molecular flexibility index (Phi) is 5.01. The van der Waals surface area contributed by atoms with Crippen LogP contribution in [0.2, 0.25) is 5.22 Å². The van der Waals surface area contributed by atoms with Crippen molar-refractivity contribution in [3.05, 3.63) is 40.4 Å². The molecule has 0 bridgehead atoms. The number of hydrogen-bond acceptors (Lipinski definition) is 5. The summed E-state index contributed by atoms with van der Waals surface area (Å²) in [6, 6.07) is 5.71. The number of pyridine rings is 1. The van der Waals surface area contributed by atoms with Gasteiger partial charge in [-0.15, -0.1) is 11.3 Å². The van der Waals surface area contributed by atoms with E-state index in [0.717, 1.165) is 32.3 Å². The third-order valence-corrected chi connectivity index (χ3v) is 5.09. The fourth-order valence-electron chi connectivity index (χ4n) is 2.87. The Morgan fingerprint density at radius 2 is 2.04 bits per heavy atom. The van der Waals surface area contributed by atoms with Gasteiger partial charge in [0, 0.05) is 18.1 Å². The minimum Gasteiger partial charge on any atom is -0.448 e. The van der Waals surface area contributed by atoms with Crippen molar-refractivity contribution < 1.29 is 4.42 Å². The van der Waals surface area contributed by atoms with E-state index in [0.29, 0.717) is 11.8 Å². The number of aromatic nitrogens is 3. The van der Waals surface area contributed by atoms with Gasteiger partial charge in [0.1, 0.15) is 10.6 Å². The number of nitrogens with zero attached hydrogens (tertiary/aromatic N) is 3. The Balaban J connectivity index is 0.000000880. The number of halogens is 1. The highest BCUT2D eigenvalue weighted by molar-refractivity contribution is 7.26. The fourth-order valence-corrected chi connectivity index (χ4v) is 4.32. The molecule has 132 valence electrons. The molecule has 4 aromatic rings. The lowest BCUT2D eigenvalue weighted by molar-refractivity contribution is 0.519. The van der Waals surface area contributed by atoms with Crippen LogP contribution in [0.4, 0.5) is 5.82 Å². The zero-order chi connectivity index (χ0) is 18.1. The molecule has 0 saturated heterocycles. The smallest absolute Gasteiger partial charge is 0.193 e. The molecule has 0 amide bonds. The van der Waals surface area contributed by atoms with Gasteiger partial charge >= 0.3 is 0 Å². The summed E-state index contributed by atoms with van der Waals surface area (Å²) in [4.78, 5) is 5.71. The molecule has 5 nitrogen and oxygen atoms in total. The van der Waals surface area contributed by atoms with E-state index in [9.17, 15) is 0 Å². The lowest BCUT2D eigenvalue weighted by Gasteiger charge is -2.00. The Hall–Kier alpha value is -2.05. The molecule has 0 aliphatic carbocycles. The number of anilines is 1. The van der Waals surface area contributed by atoms with E-state index in [1.165, 1.54) is 10.9 Å². The van der Waals surface area contributed by atoms with Gasteiger partial charge in [-0.3, -0.25) is 4.68 Å². The van der Waals surface area contributed by atoms with E-state index in [1.54, 1.807) is 17.4 Å². The van der Waals surface area contributed by atoms with Crippen LogP contribution in [0.15, 0.2) is 22.6 Å². The van der Waals surface area contributed by atoms with Crippen LogP contribution >= 0.6 is 22.9 Å². The van der Waals surface area contributed by atoms with Gasteiger partial charge in [-0.2, -0.15) is 5.10 Å². The molecule has 0 radical (unpaired) electrons. The number of nitrogens with one attached hydrogen (secondary N) is 1. The third-order valence-electron chi connectivity index (χ3n) is 3.81. The zero-order valence-corrected chi connectivity index (χ0v) is 16.5. The van der Waals surface area contributed by atoms with Crippen LogP contribution in [0.3, 0.4) is 0 Å². The molecular formula is C18H21ClN4OS. The summed E-state index contributed by atoms with van der Waals surface area (Å²) in [5.41, 5.74) is 3.38. The summed E-state index contributed by atoms with van der Waals surface area (Å²) >= 11 is 7.47.